The molecule has 8 heavy (non-hydrogen) atoms. The molecular weight excluding hydrogens is 104 g/mol. The summed E-state index contributed by atoms with van der Waals surface area (Å²) in [5, 5.41) is 14.2. The van der Waals surface area contributed by atoms with E-state index in [2.05, 4.69) is 20.6 Å². The van der Waals surface area contributed by atoms with Crippen molar-refractivity contribution < 1.29 is 0 Å². The fourth-order valence-corrected chi connectivity index (χ4v) is 0.656. The van der Waals surface area contributed by atoms with E-state index in [1.165, 1.54) is 12.8 Å². The number of hydrogen-bond donors (Lipinski definition) is 0. The summed E-state index contributed by atoms with van der Waals surface area (Å²) >= 11 is 0. The molecule has 1 aromatic rings. The second-order valence-corrected chi connectivity index (χ2v) is 2.01. The van der Waals surface area contributed by atoms with Gasteiger partial charge in [0, 0.05) is 5.82 Å². The van der Waals surface area contributed by atoms with Gasteiger partial charge in [-0.25, -0.2) is 0 Å². The maximum Gasteiger partial charge on any atom is 0.0130 e. The van der Waals surface area contributed by atoms with Crippen LogP contribution in [0.3, 0.4) is 0 Å². The Morgan fingerprint density at radius 3 is 2.88 bits per heavy atom. The Morgan fingerprint density at radius 1 is 1.50 bits per heavy atom. The molecule has 0 aliphatic heterocycles. The van der Waals surface area contributed by atoms with E-state index in [4.69, 9.17) is 0 Å². The van der Waals surface area contributed by atoms with E-state index in [1.807, 2.05) is 0 Å². The second kappa shape index (κ2) is 1.27. The molecular formula is C4H5N4-. The molecule has 4 heteroatoms. The van der Waals surface area contributed by atoms with Crippen LogP contribution in [0.2, 0.25) is 0 Å². The molecule has 0 aromatic carbocycles. The quantitative estimate of drug-likeness (QED) is 0.497. The van der Waals surface area contributed by atoms with Crippen molar-refractivity contribution in [3.05, 3.63) is 5.82 Å². The van der Waals surface area contributed by atoms with Crippen LogP contribution in [-0.4, -0.2) is 15.5 Å². The van der Waals surface area contributed by atoms with Gasteiger partial charge in [-0.3, -0.25) is 10.3 Å². The van der Waals surface area contributed by atoms with Gasteiger partial charge >= 0.3 is 0 Å². The summed E-state index contributed by atoms with van der Waals surface area (Å²) in [6, 6.07) is 0. The maximum absolute atomic E-state index is 3.71. The lowest BCUT2D eigenvalue weighted by atomic mass is 10.4. The van der Waals surface area contributed by atoms with Crippen LogP contribution in [0.15, 0.2) is 0 Å². The highest BCUT2D eigenvalue weighted by atomic mass is 15.5. The van der Waals surface area contributed by atoms with E-state index in [-0.39, 0.29) is 0 Å². The molecule has 1 saturated carbocycles. The molecule has 0 radical (unpaired) electrons. The molecule has 0 amide bonds. The van der Waals surface area contributed by atoms with Gasteiger partial charge in [-0.2, -0.15) is 5.21 Å². The smallest absolute Gasteiger partial charge is 0.0130 e. The molecule has 2 rings (SSSR count). The first kappa shape index (κ1) is 4.00. The van der Waals surface area contributed by atoms with Crippen LogP contribution >= 0.6 is 0 Å². The molecule has 42 valence electrons. The highest BCUT2D eigenvalue weighted by Gasteiger charge is 2.22. The maximum atomic E-state index is 3.71. The van der Waals surface area contributed by atoms with Crippen LogP contribution in [0.4, 0.5) is 0 Å². The molecule has 1 aromatic heterocycles. The molecule has 1 fully saturated rings. The lowest BCUT2D eigenvalue weighted by Gasteiger charge is -1.87. The van der Waals surface area contributed by atoms with Gasteiger partial charge in [-0.15, -0.1) is 0 Å². The molecule has 1 aliphatic carbocycles. The monoisotopic (exact) mass is 109 g/mol. The van der Waals surface area contributed by atoms with Crippen LogP contribution in [0.25, 0.3) is 0 Å². The molecule has 1 aliphatic rings. The Bertz CT molecular complexity index is 164. The Labute approximate surface area is 46.3 Å². The van der Waals surface area contributed by atoms with Crippen molar-refractivity contribution in [2.24, 2.45) is 0 Å². The average molecular weight is 109 g/mol. The van der Waals surface area contributed by atoms with E-state index < -0.39 is 0 Å². The fourth-order valence-electron chi connectivity index (χ4n) is 0.656. The summed E-state index contributed by atoms with van der Waals surface area (Å²) in [6.45, 7) is 0. The van der Waals surface area contributed by atoms with Crippen molar-refractivity contribution in [3.8, 4) is 0 Å². The van der Waals surface area contributed by atoms with Crippen molar-refractivity contribution >= 4 is 0 Å². The van der Waals surface area contributed by atoms with Crippen LogP contribution in [0.5, 0.6) is 0 Å². The Balaban J connectivity index is 2.28. The third-order valence-corrected chi connectivity index (χ3v) is 1.28. The zero-order chi connectivity index (χ0) is 5.40. The molecule has 1 heterocycles. The number of nitrogens with zero attached hydrogens (tertiary/aromatic N) is 4. The summed E-state index contributed by atoms with van der Waals surface area (Å²) < 4.78 is 0. The van der Waals surface area contributed by atoms with Crippen LogP contribution in [0, 0.1) is 0 Å². The molecule has 0 N–H and O–H groups in total. The predicted octanol–water partition coefficient (Wildman–Crippen LogP) is -0.294. The van der Waals surface area contributed by atoms with E-state index in [0.717, 1.165) is 5.82 Å². The minimum Gasteiger partial charge on any atom is -0.335 e. The standard InChI is InChI=1S/C4H5N4/c1-2-3(1)4-5-7-8-6-4/h3H,1-2H2/q-1. The van der Waals surface area contributed by atoms with Crippen molar-refractivity contribution in [2.75, 3.05) is 0 Å². The van der Waals surface area contributed by atoms with Gasteiger partial charge in [0.1, 0.15) is 0 Å². The van der Waals surface area contributed by atoms with Crippen molar-refractivity contribution in [1.29, 1.82) is 0 Å². The SMILES string of the molecule is C1CC1c1nnn[n-]1. The normalized spacial score (nSPS) is 19.0. The molecule has 0 spiro atoms. The van der Waals surface area contributed by atoms with Gasteiger partial charge in [-0.1, -0.05) is 0 Å². The van der Waals surface area contributed by atoms with Crippen molar-refractivity contribution in [1.82, 2.24) is 20.6 Å². The minimum atomic E-state index is 0.588. The largest absolute Gasteiger partial charge is 0.335 e. The predicted molar refractivity (Wildman–Crippen MR) is 25.1 cm³/mol. The summed E-state index contributed by atoms with van der Waals surface area (Å²) in [6.07, 6.45) is 2.43. The number of hydrogen-bond acceptors (Lipinski definition) is 3. The van der Waals surface area contributed by atoms with Gasteiger partial charge < -0.3 is 5.10 Å². The fraction of sp³-hybridized carbons (Fsp3) is 0.750. The summed E-state index contributed by atoms with van der Waals surface area (Å²) in [7, 11) is 0. The van der Waals surface area contributed by atoms with Gasteiger partial charge in [-0.05, 0) is 18.8 Å². The first-order valence-corrected chi connectivity index (χ1v) is 2.65. The highest BCUT2D eigenvalue weighted by Crippen LogP contribution is 2.36. The lowest BCUT2D eigenvalue weighted by Crippen LogP contribution is -1.83. The highest BCUT2D eigenvalue weighted by molar-refractivity contribution is 4.99. The van der Waals surface area contributed by atoms with Gasteiger partial charge in [0.2, 0.25) is 0 Å². The zero-order valence-corrected chi connectivity index (χ0v) is 4.28. The van der Waals surface area contributed by atoms with Crippen molar-refractivity contribution in [3.63, 3.8) is 0 Å². The Kier molecular flexibility index (Phi) is 0.637. The number of rotatable bonds is 1. The first-order valence-electron chi connectivity index (χ1n) is 2.65. The van der Waals surface area contributed by atoms with Gasteiger partial charge in [0.25, 0.3) is 0 Å². The van der Waals surface area contributed by atoms with Gasteiger partial charge in [0.05, 0.1) is 0 Å². The average Bonchev–Trinajstić information content (AvgIpc) is 2.49. The summed E-state index contributed by atoms with van der Waals surface area (Å²) in [5.41, 5.74) is 0. The molecule has 0 saturated heterocycles. The molecule has 4 nitrogen and oxygen atoms in total. The van der Waals surface area contributed by atoms with E-state index >= 15 is 0 Å². The Hall–Kier alpha value is -0.930. The van der Waals surface area contributed by atoms with Crippen molar-refractivity contribution in [2.45, 2.75) is 18.8 Å². The zero-order valence-electron chi connectivity index (χ0n) is 4.28. The third kappa shape index (κ3) is 0.492. The molecule has 0 atom stereocenters. The summed E-state index contributed by atoms with van der Waals surface area (Å²) in [5.74, 6) is 1.41. The number of aromatic nitrogens is 4. The van der Waals surface area contributed by atoms with Crippen LogP contribution < -0.4 is 5.10 Å². The first-order chi connectivity index (χ1) is 3.97. The Morgan fingerprint density at radius 2 is 2.38 bits per heavy atom. The number of tetrazole rings is 1. The second-order valence-electron chi connectivity index (χ2n) is 2.01. The van der Waals surface area contributed by atoms with E-state index in [0.29, 0.717) is 5.92 Å². The summed E-state index contributed by atoms with van der Waals surface area (Å²) in [4.78, 5) is 0. The molecule has 0 bridgehead atoms. The molecule has 0 unspecified atom stereocenters. The lowest BCUT2D eigenvalue weighted by molar-refractivity contribution is 0.870. The van der Waals surface area contributed by atoms with Crippen LogP contribution in [0.1, 0.15) is 24.6 Å². The third-order valence-electron chi connectivity index (χ3n) is 1.28. The van der Waals surface area contributed by atoms with E-state index in [9.17, 15) is 0 Å². The topological polar surface area (TPSA) is 52.8 Å². The van der Waals surface area contributed by atoms with E-state index in [1.54, 1.807) is 0 Å². The van der Waals surface area contributed by atoms with Gasteiger partial charge in [0.15, 0.2) is 0 Å². The van der Waals surface area contributed by atoms with Crippen LogP contribution in [-0.2, 0) is 0 Å². The minimum absolute atomic E-state index is 0.588.